The summed E-state index contributed by atoms with van der Waals surface area (Å²) in [6.07, 6.45) is -5.72. The molecule has 0 atom stereocenters. The number of nitrogens with zero attached hydrogens (tertiary/aromatic N) is 5. The fourth-order valence-electron chi connectivity index (χ4n) is 5.87. The number of carbonyl (C=O) groups excluding carboxylic acids is 2. The molecule has 0 spiro atoms. The van der Waals surface area contributed by atoms with Gasteiger partial charge in [0, 0.05) is 64.3 Å². The van der Waals surface area contributed by atoms with E-state index in [4.69, 9.17) is 21.1 Å². The molecule has 9 nitrogen and oxygen atoms in total. The van der Waals surface area contributed by atoms with Gasteiger partial charge in [0.1, 0.15) is 23.8 Å². The highest BCUT2D eigenvalue weighted by Gasteiger charge is 2.32. The number of halogens is 7. The molecule has 53 heavy (non-hydrogen) atoms. The van der Waals surface area contributed by atoms with Gasteiger partial charge < -0.3 is 23.8 Å². The summed E-state index contributed by atoms with van der Waals surface area (Å²) in [5, 5.41) is 0.533. The van der Waals surface area contributed by atoms with E-state index >= 15 is 0 Å². The van der Waals surface area contributed by atoms with E-state index in [2.05, 4.69) is 9.88 Å². The molecule has 3 aromatic carbocycles. The van der Waals surface area contributed by atoms with Gasteiger partial charge in [0.05, 0.1) is 33.6 Å². The topological polar surface area (TPSA) is 80.1 Å². The standard InChI is InChI=1S/C37H33ClF5N5O4.BrH/c1-45(35(49)29-11-6-25(18-30(29)38)37(41,42)43)26-7-12-34(44-20-26)52-28-10-5-24-17-32(46(2)31(24)19-28)36(50)48-15-13-47(14-16-48)21-23-3-8-27(9-4-23)51-22-33(39)40;/h3-12,17-20,33H,13-16,21-22H2,1-2H3;1H. The van der Waals surface area contributed by atoms with Gasteiger partial charge in [-0.25, -0.2) is 13.8 Å². The fourth-order valence-corrected chi connectivity index (χ4v) is 6.13. The second-order valence-electron chi connectivity index (χ2n) is 12.2. The Kier molecular flexibility index (Phi) is 12.3. The Bertz CT molecular complexity index is 2070. The van der Waals surface area contributed by atoms with Gasteiger partial charge in [-0.3, -0.25) is 14.5 Å². The highest BCUT2D eigenvalue weighted by molar-refractivity contribution is 8.93. The van der Waals surface area contributed by atoms with Crippen LogP contribution in [0.2, 0.25) is 5.02 Å². The summed E-state index contributed by atoms with van der Waals surface area (Å²) in [5.74, 6) is 0.397. The molecule has 0 N–H and O–H groups in total. The van der Waals surface area contributed by atoms with Gasteiger partial charge in [-0.05, 0) is 60.2 Å². The zero-order valence-corrected chi connectivity index (χ0v) is 30.9. The van der Waals surface area contributed by atoms with Crippen LogP contribution in [0.4, 0.5) is 27.6 Å². The third kappa shape index (κ3) is 9.26. The summed E-state index contributed by atoms with van der Waals surface area (Å²) >= 11 is 6.01. The Hall–Kier alpha value is -4.73. The number of amides is 2. The van der Waals surface area contributed by atoms with E-state index in [1.807, 2.05) is 40.8 Å². The SMILES string of the molecule is Br.CN(C(=O)c1ccc(C(F)(F)F)cc1Cl)c1ccc(Oc2ccc3cc(C(=O)N4CCN(Cc5ccc(OCC(F)F)cc5)CC4)n(C)c3c2)nc1. The molecule has 0 saturated carbocycles. The van der Waals surface area contributed by atoms with Crippen LogP contribution in [-0.2, 0) is 19.8 Å². The number of pyridine rings is 1. The lowest BCUT2D eigenvalue weighted by Crippen LogP contribution is -2.48. The van der Waals surface area contributed by atoms with E-state index in [1.165, 1.54) is 18.1 Å². The molecular formula is C37H34BrClF5N5O4. The predicted molar refractivity (Wildman–Crippen MR) is 196 cm³/mol. The molecule has 0 radical (unpaired) electrons. The molecule has 2 aromatic heterocycles. The molecule has 0 aliphatic carbocycles. The number of aromatic nitrogens is 2. The first kappa shape index (κ1) is 39.5. The predicted octanol–water partition coefficient (Wildman–Crippen LogP) is 8.49. The average Bonchev–Trinajstić information content (AvgIpc) is 3.45. The highest BCUT2D eigenvalue weighted by atomic mass is 79.9. The molecule has 280 valence electrons. The molecular weight excluding hydrogens is 789 g/mol. The number of ether oxygens (including phenoxy) is 2. The molecule has 3 heterocycles. The van der Waals surface area contributed by atoms with Gasteiger partial charge in [0.15, 0.2) is 0 Å². The molecule has 0 bridgehead atoms. The minimum Gasteiger partial charge on any atom is -0.488 e. The molecule has 1 fully saturated rings. The number of fused-ring (bicyclic) bond motifs is 1. The van der Waals surface area contributed by atoms with Gasteiger partial charge in [0.25, 0.3) is 18.2 Å². The van der Waals surface area contributed by atoms with Crippen molar-refractivity contribution in [2.24, 2.45) is 7.05 Å². The Labute approximate surface area is 317 Å². The van der Waals surface area contributed by atoms with Crippen LogP contribution >= 0.6 is 28.6 Å². The Morgan fingerprint density at radius 1 is 0.925 bits per heavy atom. The summed E-state index contributed by atoms with van der Waals surface area (Å²) in [5.41, 5.74) is 1.65. The van der Waals surface area contributed by atoms with Gasteiger partial charge in [-0.1, -0.05) is 23.7 Å². The average molecular weight is 823 g/mol. The second-order valence-corrected chi connectivity index (χ2v) is 12.6. The van der Waals surface area contributed by atoms with Crippen molar-refractivity contribution in [1.29, 1.82) is 0 Å². The minimum atomic E-state index is -4.59. The van der Waals surface area contributed by atoms with Crippen molar-refractivity contribution in [1.82, 2.24) is 19.4 Å². The Morgan fingerprint density at radius 3 is 2.25 bits per heavy atom. The van der Waals surface area contributed by atoms with Crippen molar-refractivity contribution < 1.29 is 41.0 Å². The van der Waals surface area contributed by atoms with Gasteiger partial charge in [0.2, 0.25) is 5.88 Å². The smallest absolute Gasteiger partial charge is 0.416 e. The number of hydrogen-bond acceptors (Lipinski definition) is 6. The number of alkyl halides is 5. The third-order valence-corrected chi connectivity index (χ3v) is 9.08. The number of piperazine rings is 1. The van der Waals surface area contributed by atoms with Crippen molar-refractivity contribution in [3.8, 4) is 17.4 Å². The Morgan fingerprint density at radius 2 is 1.62 bits per heavy atom. The molecule has 16 heteroatoms. The van der Waals surface area contributed by atoms with Crippen LogP contribution < -0.4 is 14.4 Å². The number of aryl methyl sites for hydroxylation is 1. The molecule has 0 unspecified atom stereocenters. The van der Waals surface area contributed by atoms with Gasteiger partial charge >= 0.3 is 6.18 Å². The Balaban J connectivity index is 0.00000541. The molecule has 1 aliphatic heterocycles. The number of anilines is 1. The number of carbonyl (C=O) groups is 2. The van der Waals surface area contributed by atoms with E-state index < -0.39 is 30.7 Å². The first-order valence-electron chi connectivity index (χ1n) is 16.2. The zero-order chi connectivity index (χ0) is 37.2. The van der Waals surface area contributed by atoms with Crippen LogP contribution in [0.3, 0.4) is 0 Å². The number of benzene rings is 3. The highest BCUT2D eigenvalue weighted by Crippen LogP contribution is 2.33. The second kappa shape index (κ2) is 16.5. The van der Waals surface area contributed by atoms with Gasteiger partial charge in [-0.2, -0.15) is 13.2 Å². The largest absolute Gasteiger partial charge is 0.488 e. The maximum atomic E-state index is 13.6. The minimum absolute atomic E-state index is 0. The fraction of sp³-hybridized carbons (Fsp3) is 0.270. The van der Waals surface area contributed by atoms with E-state index in [9.17, 15) is 31.5 Å². The van der Waals surface area contributed by atoms with Crippen LogP contribution in [0.15, 0.2) is 85.1 Å². The molecule has 2 amide bonds. The normalized spacial score (nSPS) is 13.6. The van der Waals surface area contributed by atoms with Crippen LogP contribution in [0, 0.1) is 0 Å². The number of hydrogen-bond donors (Lipinski definition) is 0. The summed E-state index contributed by atoms with van der Waals surface area (Å²) in [7, 11) is 3.27. The summed E-state index contributed by atoms with van der Waals surface area (Å²) in [4.78, 5) is 36.1. The van der Waals surface area contributed by atoms with Crippen LogP contribution in [0.25, 0.3) is 10.9 Å². The summed E-state index contributed by atoms with van der Waals surface area (Å²) < 4.78 is 76.6. The van der Waals surface area contributed by atoms with Crippen molar-refractivity contribution in [3.05, 3.63) is 112 Å². The lowest BCUT2D eigenvalue weighted by molar-refractivity contribution is -0.137. The maximum Gasteiger partial charge on any atom is 0.416 e. The maximum absolute atomic E-state index is 13.6. The van der Waals surface area contributed by atoms with E-state index in [0.29, 0.717) is 61.7 Å². The lowest BCUT2D eigenvalue weighted by Gasteiger charge is -2.34. The monoisotopic (exact) mass is 821 g/mol. The summed E-state index contributed by atoms with van der Waals surface area (Å²) in [6.45, 7) is 2.47. The molecule has 6 rings (SSSR count). The number of rotatable bonds is 10. The van der Waals surface area contributed by atoms with Crippen molar-refractivity contribution in [3.63, 3.8) is 0 Å². The van der Waals surface area contributed by atoms with Crippen LogP contribution in [-0.4, -0.2) is 77.4 Å². The first-order valence-corrected chi connectivity index (χ1v) is 16.5. The first-order chi connectivity index (χ1) is 24.8. The van der Waals surface area contributed by atoms with Crippen molar-refractivity contribution >= 4 is 57.0 Å². The van der Waals surface area contributed by atoms with Crippen molar-refractivity contribution in [2.75, 3.05) is 44.7 Å². The third-order valence-electron chi connectivity index (χ3n) is 8.76. The molecule has 1 saturated heterocycles. The van der Waals surface area contributed by atoms with E-state index in [1.54, 1.807) is 36.4 Å². The van der Waals surface area contributed by atoms with E-state index in [-0.39, 0.29) is 39.4 Å². The summed E-state index contributed by atoms with van der Waals surface area (Å²) in [6, 6.07) is 20.0. The quantitative estimate of drug-likeness (QED) is 0.132. The van der Waals surface area contributed by atoms with Crippen LogP contribution in [0.5, 0.6) is 17.4 Å². The lowest BCUT2D eigenvalue weighted by atomic mass is 10.1. The van der Waals surface area contributed by atoms with Gasteiger partial charge in [-0.15, -0.1) is 17.0 Å². The molecule has 1 aliphatic rings. The van der Waals surface area contributed by atoms with Crippen molar-refractivity contribution in [2.45, 2.75) is 19.1 Å². The molecule has 5 aromatic rings. The van der Waals surface area contributed by atoms with Crippen LogP contribution in [0.1, 0.15) is 32.0 Å². The zero-order valence-electron chi connectivity index (χ0n) is 28.4. The van der Waals surface area contributed by atoms with E-state index in [0.717, 1.165) is 28.6 Å².